The molecule has 0 bridgehead atoms. The summed E-state index contributed by atoms with van der Waals surface area (Å²) in [4.78, 5) is 33.6. The van der Waals surface area contributed by atoms with Crippen molar-refractivity contribution in [2.75, 3.05) is 11.5 Å². The monoisotopic (exact) mass is 591 g/mol. The van der Waals surface area contributed by atoms with Gasteiger partial charge in [-0.2, -0.15) is 0 Å². The quantitative estimate of drug-likeness (QED) is 0.188. The molecule has 5 rings (SSSR count). The minimum absolute atomic E-state index is 0.307. The van der Waals surface area contributed by atoms with E-state index in [-0.39, 0.29) is 5.91 Å². The second-order valence-electron chi connectivity index (χ2n) is 9.04. The van der Waals surface area contributed by atoms with Crippen molar-refractivity contribution in [1.82, 2.24) is 5.32 Å². The molecule has 1 aliphatic heterocycles. The summed E-state index contributed by atoms with van der Waals surface area (Å²) in [5.74, 6) is -0.307. The molecule has 0 aromatic heterocycles. The maximum atomic E-state index is 13.9. The van der Waals surface area contributed by atoms with Crippen molar-refractivity contribution < 1.29 is 14.3 Å². The van der Waals surface area contributed by atoms with Gasteiger partial charge in [-0.15, -0.1) is 0 Å². The predicted octanol–water partition coefficient (Wildman–Crippen LogP) is 7.35. The van der Waals surface area contributed by atoms with Crippen molar-refractivity contribution >= 4 is 58.2 Å². The Kier molecular flexibility index (Phi) is 8.40. The molecule has 40 heavy (non-hydrogen) atoms. The molecule has 9 heteroatoms. The number of fused-ring (bicyclic) bond motifs is 1. The maximum Gasteiger partial charge on any atom is 0.408 e. The molecule has 0 fully saturated rings. The molecule has 0 spiro atoms. The zero-order valence-electron chi connectivity index (χ0n) is 21.1. The van der Waals surface area contributed by atoms with Crippen LogP contribution >= 0.6 is 34.8 Å². The fourth-order valence-electron chi connectivity index (χ4n) is 4.61. The van der Waals surface area contributed by atoms with E-state index in [1.54, 1.807) is 24.3 Å². The Balaban J connectivity index is 1.63. The van der Waals surface area contributed by atoms with E-state index in [2.05, 4.69) is 5.32 Å². The van der Waals surface area contributed by atoms with Gasteiger partial charge >= 0.3 is 6.09 Å². The minimum atomic E-state index is -1.79. The number of anilines is 1. The molecule has 1 aliphatic rings. The van der Waals surface area contributed by atoms with Crippen LogP contribution in [0.4, 0.5) is 10.5 Å². The average Bonchev–Trinajstić information content (AvgIpc) is 3.27. The standard InChI is InChI=1S/C31H24Cl3N3O3/c32-31(33,34)20-40-30(39)36-28-27(35-26(21-12-4-1-5-13-21)22-14-6-2-7-15-22)24-18-10-11-19-25(24)37(28)29(38)23-16-8-3-9-17-23/h1-19,27-28H,20H2,(H,36,39)/t27-,28-/m1/s1. The van der Waals surface area contributed by atoms with E-state index in [0.717, 1.165) is 16.7 Å². The minimum Gasteiger partial charge on any atom is -0.445 e. The van der Waals surface area contributed by atoms with Crippen LogP contribution in [0, 0.1) is 0 Å². The Morgan fingerprint density at radius 1 is 0.750 bits per heavy atom. The van der Waals surface area contributed by atoms with E-state index in [1.165, 1.54) is 4.90 Å². The lowest BCUT2D eigenvalue weighted by Gasteiger charge is -2.28. The zero-order chi connectivity index (χ0) is 28.1. The number of carbonyl (C=O) groups excluding carboxylic acids is 2. The van der Waals surface area contributed by atoms with Crippen LogP contribution in [-0.2, 0) is 4.74 Å². The van der Waals surface area contributed by atoms with Gasteiger partial charge in [0.2, 0.25) is 3.79 Å². The molecule has 0 unspecified atom stereocenters. The first-order chi connectivity index (χ1) is 19.3. The van der Waals surface area contributed by atoms with Gasteiger partial charge in [-0.05, 0) is 18.2 Å². The first-order valence-corrected chi connectivity index (χ1v) is 13.6. The molecule has 1 N–H and O–H groups in total. The van der Waals surface area contributed by atoms with Gasteiger partial charge in [-0.25, -0.2) is 4.79 Å². The molecule has 4 aromatic rings. The van der Waals surface area contributed by atoms with Crippen molar-refractivity contribution in [2.45, 2.75) is 16.0 Å². The lowest BCUT2D eigenvalue weighted by atomic mass is 10.0. The Hall–Kier alpha value is -3.84. The summed E-state index contributed by atoms with van der Waals surface area (Å²) >= 11 is 17.4. The van der Waals surface area contributed by atoms with Gasteiger partial charge in [0.15, 0.2) is 0 Å². The maximum absolute atomic E-state index is 13.9. The summed E-state index contributed by atoms with van der Waals surface area (Å²) in [5.41, 5.74) is 4.32. The molecule has 2 atom stereocenters. The smallest absolute Gasteiger partial charge is 0.408 e. The topological polar surface area (TPSA) is 71.0 Å². The number of para-hydroxylation sites is 1. The highest BCUT2D eigenvalue weighted by Crippen LogP contribution is 2.42. The number of amides is 2. The second-order valence-corrected chi connectivity index (χ2v) is 11.6. The number of aliphatic imine (C=N–C) groups is 1. The SMILES string of the molecule is O=C(N[C@H]1[C@H](N=C(c2ccccc2)c2ccccc2)c2ccccc2N1C(=O)c1ccccc1)OCC(Cl)(Cl)Cl. The highest BCUT2D eigenvalue weighted by atomic mass is 35.6. The number of nitrogens with zero attached hydrogens (tertiary/aromatic N) is 2. The number of hydrogen-bond donors (Lipinski definition) is 1. The molecule has 0 saturated heterocycles. The van der Waals surface area contributed by atoms with Gasteiger partial charge in [-0.3, -0.25) is 20.0 Å². The summed E-state index contributed by atoms with van der Waals surface area (Å²) in [6.07, 6.45) is -1.79. The summed E-state index contributed by atoms with van der Waals surface area (Å²) in [6, 6.07) is 35.1. The fourth-order valence-corrected chi connectivity index (χ4v) is 4.78. The summed E-state index contributed by atoms with van der Waals surface area (Å²) < 4.78 is 3.40. The molecular weight excluding hydrogens is 569 g/mol. The van der Waals surface area contributed by atoms with Gasteiger partial charge in [0.25, 0.3) is 5.91 Å². The summed E-state index contributed by atoms with van der Waals surface area (Å²) in [6.45, 7) is -0.469. The molecule has 0 aliphatic carbocycles. The average molecular weight is 593 g/mol. The van der Waals surface area contributed by atoms with Gasteiger partial charge in [0, 0.05) is 22.3 Å². The number of alkyl halides is 3. The third-order valence-electron chi connectivity index (χ3n) is 6.33. The Morgan fingerprint density at radius 2 is 1.25 bits per heavy atom. The van der Waals surface area contributed by atoms with Crippen molar-refractivity contribution in [3.8, 4) is 0 Å². The van der Waals surface area contributed by atoms with Crippen LogP contribution in [0.15, 0.2) is 120 Å². The zero-order valence-corrected chi connectivity index (χ0v) is 23.4. The molecule has 0 radical (unpaired) electrons. The van der Waals surface area contributed by atoms with Crippen LogP contribution in [0.3, 0.4) is 0 Å². The Morgan fingerprint density at radius 3 is 1.80 bits per heavy atom. The van der Waals surface area contributed by atoms with Crippen LogP contribution < -0.4 is 10.2 Å². The molecular formula is C31H24Cl3N3O3. The van der Waals surface area contributed by atoms with Crippen LogP contribution in [-0.4, -0.2) is 34.3 Å². The first-order valence-electron chi connectivity index (χ1n) is 12.5. The summed E-state index contributed by atoms with van der Waals surface area (Å²) in [7, 11) is 0. The number of ether oxygens (including phenoxy) is 1. The lowest BCUT2D eigenvalue weighted by Crippen LogP contribution is -2.51. The second kappa shape index (κ2) is 12.1. The number of hydrogen-bond acceptors (Lipinski definition) is 4. The first kappa shape index (κ1) is 27.7. The van der Waals surface area contributed by atoms with Crippen LogP contribution in [0.2, 0.25) is 0 Å². The van der Waals surface area contributed by atoms with Crippen LogP contribution in [0.25, 0.3) is 0 Å². The Bertz CT molecular complexity index is 1470. The number of alkyl carbamates (subject to hydrolysis) is 1. The van der Waals surface area contributed by atoms with Gasteiger partial charge in [0.1, 0.15) is 18.8 Å². The lowest BCUT2D eigenvalue weighted by molar-refractivity contribution is 0.0968. The van der Waals surface area contributed by atoms with Gasteiger partial charge in [0.05, 0.1) is 11.4 Å². The largest absolute Gasteiger partial charge is 0.445 e. The molecule has 2 amide bonds. The van der Waals surface area contributed by atoms with E-state index in [9.17, 15) is 9.59 Å². The van der Waals surface area contributed by atoms with Crippen molar-refractivity contribution in [2.24, 2.45) is 4.99 Å². The van der Waals surface area contributed by atoms with Gasteiger partial charge in [-0.1, -0.05) is 132 Å². The number of nitrogens with one attached hydrogen (secondary N) is 1. The number of halogens is 3. The van der Waals surface area contributed by atoms with E-state index < -0.39 is 28.7 Å². The van der Waals surface area contributed by atoms with E-state index in [1.807, 2.05) is 91.0 Å². The third-order valence-corrected chi connectivity index (χ3v) is 6.65. The predicted molar refractivity (Wildman–Crippen MR) is 160 cm³/mol. The summed E-state index contributed by atoms with van der Waals surface area (Å²) in [5, 5.41) is 2.82. The van der Waals surface area contributed by atoms with E-state index in [4.69, 9.17) is 44.5 Å². The van der Waals surface area contributed by atoms with Crippen molar-refractivity contribution in [3.05, 3.63) is 138 Å². The molecule has 1 heterocycles. The third kappa shape index (κ3) is 6.31. The van der Waals surface area contributed by atoms with Crippen molar-refractivity contribution in [1.29, 1.82) is 0 Å². The normalized spacial score (nSPS) is 16.1. The number of benzene rings is 4. The highest BCUT2D eigenvalue weighted by Gasteiger charge is 2.43. The fraction of sp³-hybridized carbons (Fsp3) is 0.129. The van der Waals surface area contributed by atoms with Gasteiger partial charge < -0.3 is 4.74 Å². The van der Waals surface area contributed by atoms with Crippen molar-refractivity contribution in [3.63, 3.8) is 0 Å². The number of carbonyl (C=O) groups is 2. The molecule has 0 saturated carbocycles. The number of rotatable bonds is 6. The van der Waals surface area contributed by atoms with E-state index >= 15 is 0 Å². The molecule has 202 valence electrons. The molecule has 4 aromatic carbocycles. The Labute approximate surface area is 247 Å². The highest BCUT2D eigenvalue weighted by molar-refractivity contribution is 6.67. The molecule has 6 nitrogen and oxygen atoms in total. The van der Waals surface area contributed by atoms with E-state index in [0.29, 0.717) is 17.0 Å². The van der Waals surface area contributed by atoms with Crippen LogP contribution in [0.5, 0.6) is 0 Å². The van der Waals surface area contributed by atoms with Crippen LogP contribution in [0.1, 0.15) is 33.1 Å².